The van der Waals surface area contributed by atoms with E-state index in [1.54, 1.807) is 4.68 Å². The number of allylic oxidation sites excluding steroid dienone is 2. The molecular formula is C15H17N5O. The molecule has 1 aromatic carbocycles. The Morgan fingerprint density at radius 3 is 3.10 bits per heavy atom. The Bertz CT molecular complexity index is 663. The fraction of sp³-hybridized carbons (Fsp3) is 0.333. The first-order valence-electron chi connectivity index (χ1n) is 7.03. The van der Waals surface area contributed by atoms with Gasteiger partial charge in [0.1, 0.15) is 6.33 Å². The Balaban J connectivity index is 1.73. The van der Waals surface area contributed by atoms with Crippen LogP contribution in [0.4, 0.5) is 5.69 Å². The van der Waals surface area contributed by atoms with E-state index in [-0.39, 0.29) is 5.91 Å². The first-order chi connectivity index (χ1) is 10.2. The van der Waals surface area contributed by atoms with Gasteiger partial charge in [0, 0.05) is 12.1 Å². The van der Waals surface area contributed by atoms with E-state index in [0.29, 0.717) is 12.3 Å². The monoisotopic (exact) mass is 283 g/mol. The summed E-state index contributed by atoms with van der Waals surface area (Å²) in [6.07, 6.45) is 8.47. The largest absolute Gasteiger partial charge is 0.326 e. The zero-order valence-electron chi connectivity index (χ0n) is 11.9. The molecule has 1 heterocycles. The van der Waals surface area contributed by atoms with Gasteiger partial charge in [-0.25, -0.2) is 4.68 Å². The number of hydrogen-bond acceptors (Lipinski definition) is 4. The van der Waals surface area contributed by atoms with Crippen molar-refractivity contribution < 1.29 is 4.79 Å². The van der Waals surface area contributed by atoms with Crippen molar-refractivity contribution in [2.24, 2.45) is 5.92 Å². The molecule has 1 aliphatic rings. The SMILES string of the molecule is Cc1ccc(-n2cnnn2)cc1NC(=O)C[C@H]1C=CCC1. The summed E-state index contributed by atoms with van der Waals surface area (Å²) < 4.78 is 1.56. The summed E-state index contributed by atoms with van der Waals surface area (Å²) in [5.41, 5.74) is 2.64. The number of benzene rings is 1. The highest BCUT2D eigenvalue weighted by atomic mass is 16.1. The van der Waals surface area contributed by atoms with Crippen LogP contribution in [0.5, 0.6) is 0 Å². The third-order valence-electron chi connectivity index (χ3n) is 3.67. The predicted octanol–water partition coefficient (Wildman–Crippen LogP) is 2.27. The maximum atomic E-state index is 12.1. The molecule has 108 valence electrons. The molecule has 21 heavy (non-hydrogen) atoms. The third-order valence-corrected chi connectivity index (χ3v) is 3.67. The van der Waals surface area contributed by atoms with Crippen LogP contribution in [-0.2, 0) is 4.79 Å². The zero-order valence-corrected chi connectivity index (χ0v) is 11.9. The van der Waals surface area contributed by atoms with Crippen molar-refractivity contribution in [2.45, 2.75) is 26.2 Å². The Labute approximate surface area is 122 Å². The maximum absolute atomic E-state index is 12.1. The van der Waals surface area contributed by atoms with E-state index in [1.807, 2.05) is 25.1 Å². The van der Waals surface area contributed by atoms with Crippen LogP contribution < -0.4 is 5.32 Å². The van der Waals surface area contributed by atoms with Gasteiger partial charge in [0.25, 0.3) is 0 Å². The molecule has 1 atom stereocenters. The molecule has 0 aliphatic heterocycles. The van der Waals surface area contributed by atoms with E-state index < -0.39 is 0 Å². The number of nitrogens with zero attached hydrogens (tertiary/aromatic N) is 4. The van der Waals surface area contributed by atoms with Crippen molar-refractivity contribution in [3.63, 3.8) is 0 Å². The average Bonchev–Trinajstić information content (AvgIpc) is 3.14. The van der Waals surface area contributed by atoms with E-state index >= 15 is 0 Å². The van der Waals surface area contributed by atoms with Crippen molar-refractivity contribution in [3.8, 4) is 5.69 Å². The minimum Gasteiger partial charge on any atom is -0.326 e. The molecule has 0 saturated carbocycles. The molecule has 0 bridgehead atoms. The van der Waals surface area contributed by atoms with Crippen molar-refractivity contribution in [3.05, 3.63) is 42.2 Å². The molecule has 1 N–H and O–H groups in total. The lowest BCUT2D eigenvalue weighted by molar-refractivity contribution is -0.116. The molecule has 3 rings (SSSR count). The van der Waals surface area contributed by atoms with Gasteiger partial charge < -0.3 is 5.32 Å². The summed E-state index contributed by atoms with van der Waals surface area (Å²) in [6.45, 7) is 1.97. The predicted molar refractivity (Wildman–Crippen MR) is 79.0 cm³/mol. The molecule has 1 amide bonds. The number of hydrogen-bond donors (Lipinski definition) is 1. The van der Waals surface area contributed by atoms with Crippen LogP contribution in [0.15, 0.2) is 36.7 Å². The van der Waals surface area contributed by atoms with Crippen LogP contribution in [0, 0.1) is 12.8 Å². The van der Waals surface area contributed by atoms with Crippen molar-refractivity contribution in [1.29, 1.82) is 0 Å². The number of aryl methyl sites for hydroxylation is 1. The van der Waals surface area contributed by atoms with E-state index in [2.05, 4.69) is 33.0 Å². The minimum absolute atomic E-state index is 0.0449. The molecule has 0 saturated heterocycles. The lowest BCUT2D eigenvalue weighted by atomic mass is 10.0. The van der Waals surface area contributed by atoms with Gasteiger partial charge in [0.2, 0.25) is 5.91 Å². The number of anilines is 1. The topological polar surface area (TPSA) is 72.7 Å². The molecule has 2 aromatic rings. The van der Waals surface area contributed by atoms with Gasteiger partial charge >= 0.3 is 0 Å². The fourth-order valence-electron chi connectivity index (χ4n) is 2.47. The molecule has 0 spiro atoms. The van der Waals surface area contributed by atoms with Gasteiger partial charge in [0.15, 0.2) is 0 Å². The second kappa shape index (κ2) is 5.87. The van der Waals surface area contributed by atoms with Crippen LogP contribution in [0.25, 0.3) is 5.69 Å². The standard InChI is InChI=1S/C15H17N5O/c1-11-6-7-13(20-10-16-18-19-20)9-14(11)17-15(21)8-12-4-2-3-5-12/h2,4,6-7,9-10,12H,3,5,8H2,1H3,(H,17,21)/t12-/m0/s1. The van der Waals surface area contributed by atoms with Gasteiger partial charge in [0.05, 0.1) is 5.69 Å². The molecule has 6 nitrogen and oxygen atoms in total. The van der Waals surface area contributed by atoms with Crippen molar-refractivity contribution in [1.82, 2.24) is 20.2 Å². The number of nitrogens with one attached hydrogen (secondary N) is 1. The number of aromatic nitrogens is 4. The summed E-state index contributed by atoms with van der Waals surface area (Å²) >= 11 is 0. The Hall–Kier alpha value is -2.50. The van der Waals surface area contributed by atoms with E-state index in [9.17, 15) is 4.79 Å². The van der Waals surface area contributed by atoms with Crippen molar-refractivity contribution >= 4 is 11.6 Å². The van der Waals surface area contributed by atoms with E-state index in [1.165, 1.54) is 6.33 Å². The van der Waals surface area contributed by atoms with Crippen molar-refractivity contribution in [2.75, 3.05) is 5.32 Å². The number of tetrazole rings is 1. The second-order valence-electron chi connectivity index (χ2n) is 5.27. The molecule has 1 aromatic heterocycles. The number of carbonyl (C=O) groups is 1. The van der Waals surface area contributed by atoms with Gasteiger partial charge in [-0.05, 0) is 53.8 Å². The minimum atomic E-state index is 0.0449. The summed E-state index contributed by atoms with van der Waals surface area (Å²) in [4.78, 5) is 12.1. The first kappa shape index (κ1) is 13.5. The summed E-state index contributed by atoms with van der Waals surface area (Å²) in [6, 6.07) is 5.75. The highest BCUT2D eigenvalue weighted by Crippen LogP contribution is 2.23. The Morgan fingerprint density at radius 1 is 1.48 bits per heavy atom. The fourth-order valence-corrected chi connectivity index (χ4v) is 2.47. The summed E-state index contributed by atoms with van der Waals surface area (Å²) in [5.74, 6) is 0.413. The zero-order chi connectivity index (χ0) is 14.7. The Kier molecular flexibility index (Phi) is 3.77. The van der Waals surface area contributed by atoms with Gasteiger partial charge in [-0.2, -0.15) is 0 Å². The highest BCUT2D eigenvalue weighted by Gasteiger charge is 2.15. The lowest BCUT2D eigenvalue weighted by Gasteiger charge is -2.12. The molecule has 0 fully saturated rings. The molecule has 6 heteroatoms. The molecule has 0 radical (unpaired) electrons. The average molecular weight is 283 g/mol. The van der Waals surface area contributed by atoms with Gasteiger partial charge in [-0.1, -0.05) is 18.2 Å². The van der Waals surface area contributed by atoms with Crippen LogP contribution in [0.2, 0.25) is 0 Å². The van der Waals surface area contributed by atoms with E-state index in [0.717, 1.165) is 29.8 Å². The normalized spacial score (nSPS) is 17.1. The summed E-state index contributed by atoms with van der Waals surface area (Å²) in [7, 11) is 0. The highest BCUT2D eigenvalue weighted by molar-refractivity contribution is 5.92. The second-order valence-corrected chi connectivity index (χ2v) is 5.27. The van der Waals surface area contributed by atoms with E-state index in [4.69, 9.17) is 0 Å². The summed E-state index contributed by atoms with van der Waals surface area (Å²) in [5, 5.41) is 14.1. The van der Waals surface area contributed by atoms with Crippen LogP contribution in [0.3, 0.4) is 0 Å². The van der Waals surface area contributed by atoms with Crippen LogP contribution in [0.1, 0.15) is 24.8 Å². The first-order valence-corrected chi connectivity index (χ1v) is 7.03. The Morgan fingerprint density at radius 2 is 2.38 bits per heavy atom. The number of amides is 1. The molecule has 1 aliphatic carbocycles. The molecule has 0 unspecified atom stereocenters. The van der Waals surface area contributed by atoms with Gasteiger partial charge in [-0.15, -0.1) is 5.10 Å². The third kappa shape index (κ3) is 3.16. The number of rotatable bonds is 4. The van der Waals surface area contributed by atoms with Gasteiger partial charge in [-0.3, -0.25) is 4.79 Å². The quantitative estimate of drug-likeness (QED) is 0.874. The van der Waals surface area contributed by atoms with Crippen LogP contribution in [-0.4, -0.2) is 26.1 Å². The number of carbonyl (C=O) groups excluding carboxylic acids is 1. The smallest absolute Gasteiger partial charge is 0.224 e. The maximum Gasteiger partial charge on any atom is 0.224 e. The lowest BCUT2D eigenvalue weighted by Crippen LogP contribution is -2.15. The molecular weight excluding hydrogens is 266 g/mol. The van der Waals surface area contributed by atoms with Crippen LogP contribution >= 0.6 is 0 Å².